The lowest BCUT2D eigenvalue weighted by Crippen LogP contribution is -2.01. The highest BCUT2D eigenvalue weighted by Gasteiger charge is 2.01. The molecule has 0 aliphatic carbocycles. The van der Waals surface area contributed by atoms with E-state index in [1.807, 2.05) is 30.3 Å². The molecular formula is C16H16BrClN2O. The van der Waals surface area contributed by atoms with Crippen LogP contribution in [-0.2, 0) is 6.42 Å². The number of aryl methyl sites for hydroxylation is 1. The summed E-state index contributed by atoms with van der Waals surface area (Å²) in [4.78, 5) is 0. The molecule has 0 unspecified atom stereocenters. The molecule has 2 aromatic rings. The predicted molar refractivity (Wildman–Crippen MR) is 90.8 cm³/mol. The van der Waals surface area contributed by atoms with Crippen molar-refractivity contribution in [2.24, 2.45) is 0 Å². The lowest BCUT2D eigenvalue weighted by atomic mass is 10.1. The van der Waals surface area contributed by atoms with Gasteiger partial charge < -0.3 is 10.5 Å². The third kappa shape index (κ3) is 5.30. The second-order valence-electron chi connectivity index (χ2n) is 4.43. The van der Waals surface area contributed by atoms with Crippen molar-refractivity contribution >= 4 is 34.0 Å². The normalized spacial score (nSPS) is 9.52. The molecule has 0 radical (unpaired) electrons. The van der Waals surface area contributed by atoms with Gasteiger partial charge in [0.1, 0.15) is 5.75 Å². The summed E-state index contributed by atoms with van der Waals surface area (Å²) in [6.07, 6.45) is 1.78. The van der Waals surface area contributed by atoms with Gasteiger partial charge in [0.25, 0.3) is 0 Å². The Morgan fingerprint density at radius 2 is 1.86 bits per heavy atom. The van der Waals surface area contributed by atoms with Crippen molar-refractivity contribution in [2.45, 2.75) is 12.8 Å². The smallest absolute Gasteiger partial charge is 0.119 e. The summed E-state index contributed by atoms with van der Waals surface area (Å²) in [5.41, 5.74) is 8.52. The highest BCUT2D eigenvalue weighted by atomic mass is 79.9. The van der Waals surface area contributed by atoms with Crippen LogP contribution in [0.2, 0.25) is 0 Å². The minimum absolute atomic E-state index is 0. The average molecular weight is 368 g/mol. The number of ether oxygens (including phenoxy) is 1. The number of nitrogens with zero attached hydrogens (tertiary/aromatic N) is 1. The van der Waals surface area contributed by atoms with Crippen LogP contribution < -0.4 is 10.5 Å². The van der Waals surface area contributed by atoms with Gasteiger partial charge in [-0.2, -0.15) is 5.26 Å². The molecule has 0 spiro atoms. The van der Waals surface area contributed by atoms with Crippen molar-refractivity contribution in [2.75, 3.05) is 12.3 Å². The van der Waals surface area contributed by atoms with E-state index in [0.29, 0.717) is 12.2 Å². The molecule has 0 fully saturated rings. The first-order chi connectivity index (χ1) is 9.69. The van der Waals surface area contributed by atoms with E-state index < -0.39 is 0 Å². The Kier molecular flexibility index (Phi) is 7.07. The van der Waals surface area contributed by atoms with Crippen LogP contribution in [0.1, 0.15) is 17.5 Å². The third-order valence-electron chi connectivity index (χ3n) is 2.95. The maximum Gasteiger partial charge on any atom is 0.119 e. The quantitative estimate of drug-likeness (QED) is 0.632. The van der Waals surface area contributed by atoms with Gasteiger partial charge in [-0.05, 0) is 54.8 Å². The molecule has 0 aliphatic rings. The summed E-state index contributed by atoms with van der Waals surface area (Å²) < 4.78 is 6.62. The molecular weight excluding hydrogens is 352 g/mol. The van der Waals surface area contributed by atoms with Crippen LogP contribution in [-0.4, -0.2) is 6.61 Å². The van der Waals surface area contributed by atoms with Gasteiger partial charge in [0.05, 0.1) is 18.2 Å². The zero-order valence-corrected chi connectivity index (χ0v) is 13.8. The Morgan fingerprint density at radius 3 is 2.48 bits per heavy atom. The summed E-state index contributed by atoms with van der Waals surface area (Å²) in [5.74, 6) is 0.785. The summed E-state index contributed by atoms with van der Waals surface area (Å²) in [7, 11) is 0. The zero-order chi connectivity index (χ0) is 14.4. The van der Waals surface area contributed by atoms with Gasteiger partial charge in [-0.1, -0.05) is 22.0 Å². The molecule has 0 aromatic heterocycles. The van der Waals surface area contributed by atoms with E-state index in [0.717, 1.165) is 34.3 Å². The summed E-state index contributed by atoms with van der Waals surface area (Å²) in [6, 6.07) is 15.1. The van der Waals surface area contributed by atoms with E-state index in [9.17, 15) is 0 Å². The van der Waals surface area contributed by atoms with Crippen LogP contribution in [0, 0.1) is 11.3 Å². The molecule has 2 rings (SSSR count). The lowest BCUT2D eigenvalue weighted by molar-refractivity contribution is 0.311. The maximum absolute atomic E-state index is 8.71. The van der Waals surface area contributed by atoms with E-state index in [2.05, 4.69) is 22.0 Å². The third-order valence-corrected chi connectivity index (χ3v) is 3.44. The Balaban J connectivity index is 0.00000220. The van der Waals surface area contributed by atoms with Crippen molar-refractivity contribution in [3.8, 4) is 11.8 Å². The summed E-state index contributed by atoms with van der Waals surface area (Å²) >= 11 is 3.39. The number of hydrogen-bond donors (Lipinski definition) is 1. The van der Waals surface area contributed by atoms with Gasteiger partial charge in [-0.15, -0.1) is 12.4 Å². The average Bonchev–Trinajstić information content (AvgIpc) is 2.46. The first-order valence-electron chi connectivity index (χ1n) is 6.36. The molecule has 21 heavy (non-hydrogen) atoms. The van der Waals surface area contributed by atoms with Gasteiger partial charge in [-0.3, -0.25) is 0 Å². The molecule has 3 nitrogen and oxygen atoms in total. The molecule has 0 heterocycles. The molecule has 0 bridgehead atoms. The second kappa shape index (κ2) is 8.56. The molecule has 0 amide bonds. The molecule has 2 aromatic carbocycles. The van der Waals surface area contributed by atoms with E-state index >= 15 is 0 Å². The lowest BCUT2D eigenvalue weighted by Gasteiger charge is -2.08. The number of nitriles is 1. The fourth-order valence-corrected chi connectivity index (χ4v) is 2.25. The van der Waals surface area contributed by atoms with E-state index in [1.54, 1.807) is 12.1 Å². The van der Waals surface area contributed by atoms with Crippen molar-refractivity contribution in [1.29, 1.82) is 5.26 Å². The largest absolute Gasteiger partial charge is 0.494 e. The van der Waals surface area contributed by atoms with Gasteiger partial charge >= 0.3 is 0 Å². The minimum Gasteiger partial charge on any atom is -0.494 e. The van der Waals surface area contributed by atoms with Gasteiger partial charge in [0.15, 0.2) is 0 Å². The number of benzene rings is 2. The number of hydrogen-bond acceptors (Lipinski definition) is 3. The first-order valence-corrected chi connectivity index (χ1v) is 7.15. The fourth-order valence-electron chi connectivity index (χ4n) is 1.87. The molecule has 110 valence electrons. The standard InChI is InChI=1S/C16H15BrN2O.ClH/c17-14-6-5-13(16(19)10-14)2-1-9-20-15-7-3-12(11-18)4-8-15;/h3-8,10H,1-2,9,19H2;1H. The molecule has 0 atom stereocenters. The maximum atomic E-state index is 8.71. The molecule has 2 N–H and O–H groups in total. The Morgan fingerprint density at radius 1 is 1.14 bits per heavy atom. The SMILES string of the molecule is Cl.N#Cc1ccc(OCCCc2ccc(Br)cc2N)cc1. The van der Waals surface area contributed by atoms with Crippen LogP contribution in [0.3, 0.4) is 0 Å². The predicted octanol–water partition coefficient (Wildman–Crippen LogP) is 4.34. The molecule has 0 aliphatic heterocycles. The molecule has 0 saturated heterocycles. The number of nitrogen functional groups attached to an aromatic ring is 1. The van der Waals surface area contributed by atoms with E-state index in [-0.39, 0.29) is 12.4 Å². The molecule has 5 heteroatoms. The van der Waals surface area contributed by atoms with Crippen molar-refractivity contribution < 1.29 is 4.74 Å². The Labute approximate surface area is 139 Å². The van der Waals surface area contributed by atoms with Gasteiger partial charge in [0, 0.05) is 10.2 Å². The highest BCUT2D eigenvalue weighted by molar-refractivity contribution is 9.10. The van der Waals surface area contributed by atoms with Crippen LogP contribution in [0.4, 0.5) is 5.69 Å². The van der Waals surface area contributed by atoms with Crippen LogP contribution in [0.25, 0.3) is 0 Å². The topological polar surface area (TPSA) is 59.0 Å². The first kappa shape index (κ1) is 17.4. The number of nitrogens with two attached hydrogens (primary N) is 1. The van der Waals surface area contributed by atoms with Crippen LogP contribution in [0.15, 0.2) is 46.9 Å². The highest BCUT2D eigenvalue weighted by Crippen LogP contribution is 2.20. The fraction of sp³-hybridized carbons (Fsp3) is 0.188. The van der Waals surface area contributed by atoms with Crippen LogP contribution in [0.5, 0.6) is 5.75 Å². The van der Waals surface area contributed by atoms with Crippen molar-refractivity contribution in [3.63, 3.8) is 0 Å². The van der Waals surface area contributed by atoms with E-state index in [1.165, 1.54) is 0 Å². The monoisotopic (exact) mass is 366 g/mol. The second-order valence-corrected chi connectivity index (χ2v) is 5.35. The minimum atomic E-state index is 0. The van der Waals surface area contributed by atoms with Crippen molar-refractivity contribution in [1.82, 2.24) is 0 Å². The number of halogens is 2. The zero-order valence-electron chi connectivity index (χ0n) is 11.4. The molecule has 0 saturated carbocycles. The van der Waals surface area contributed by atoms with Crippen molar-refractivity contribution in [3.05, 3.63) is 58.1 Å². The Hall–Kier alpha value is -1.70. The van der Waals surface area contributed by atoms with Gasteiger partial charge in [0.2, 0.25) is 0 Å². The summed E-state index contributed by atoms with van der Waals surface area (Å²) in [5, 5.41) is 8.71. The number of rotatable bonds is 5. The van der Waals surface area contributed by atoms with Crippen LogP contribution >= 0.6 is 28.3 Å². The van der Waals surface area contributed by atoms with E-state index in [4.69, 9.17) is 15.7 Å². The number of anilines is 1. The summed E-state index contributed by atoms with van der Waals surface area (Å²) in [6.45, 7) is 0.626. The Bertz CT molecular complexity index is 623. The van der Waals surface area contributed by atoms with Gasteiger partial charge in [-0.25, -0.2) is 0 Å².